The molecule has 0 aromatic heterocycles. The van der Waals surface area contributed by atoms with Crippen LogP contribution >= 0.6 is 0 Å². The Morgan fingerprint density at radius 1 is 1.00 bits per heavy atom. The van der Waals surface area contributed by atoms with Gasteiger partial charge in [-0.05, 0) is 60.5 Å². The summed E-state index contributed by atoms with van der Waals surface area (Å²) in [5, 5.41) is 14.8. The van der Waals surface area contributed by atoms with E-state index in [1.54, 1.807) is 25.1 Å². The number of ether oxygens (including phenoxy) is 2. The van der Waals surface area contributed by atoms with Gasteiger partial charge in [-0.15, -0.1) is 0 Å². The summed E-state index contributed by atoms with van der Waals surface area (Å²) in [5.41, 5.74) is 1.86. The van der Waals surface area contributed by atoms with E-state index in [2.05, 4.69) is 10.6 Å². The van der Waals surface area contributed by atoms with Crippen LogP contribution in [0.5, 0.6) is 11.5 Å². The second kappa shape index (κ2) is 12.6. The maximum absolute atomic E-state index is 13.0. The number of anilines is 1. The third-order valence-corrected chi connectivity index (χ3v) is 4.73. The van der Waals surface area contributed by atoms with E-state index in [-0.39, 0.29) is 12.2 Å². The lowest BCUT2D eigenvalue weighted by Gasteiger charge is -2.13. The fourth-order valence-corrected chi connectivity index (χ4v) is 3.06. The Hall–Kier alpha value is -4.64. The molecule has 35 heavy (non-hydrogen) atoms. The number of carbonyl (C=O) groups is 2. The fourth-order valence-electron chi connectivity index (χ4n) is 3.06. The van der Waals surface area contributed by atoms with Crippen molar-refractivity contribution in [2.75, 3.05) is 18.5 Å². The van der Waals surface area contributed by atoms with Crippen molar-refractivity contribution in [2.24, 2.45) is 0 Å². The highest BCUT2D eigenvalue weighted by Crippen LogP contribution is 2.29. The maximum Gasteiger partial charge on any atom is 0.262 e. The smallest absolute Gasteiger partial charge is 0.262 e. The molecule has 0 spiro atoms. The predicted octanol–water partition coefficient (Wildman–Crippen LogP) is 4.47. The van der Waals surface area contributed by atoms with Crippen molar-refractivity contribution in [1.29, 1.82) is 5.26 Å². The van der Waals surface area contributed by atoms with Gasteiger partial charge in [0.25, 0.3) is 11.8 Å². The first-order chi connectivity index (χ1) is 17.0. The number of carbonyl (C=O) groups excluding carboxylic acids is 2. The van der Waals surface area contributed by atoms with Gasteiger partial charge >= 0.3 is 0 Å². The lowest BCUT2D eigenvalue weighted by molar-refractivity contribution is -0.118. The molecule has 0 aliphatic carbocycles. The van der Waals surface area contributed by atoms with E-state index in [4.69, 9.17) is 9.47 Å². The molecule has 0 bridgehead atoms. The third kappa shape index (κ3) is 7.72. The average molecular weight is 474 g/mol. The summed E-state index contributed by atoms with van der Waals surface area (Å²) in [6.45, 7) is 2.15. The molecule has 0 saturated carbocycles. The van der Waals surface area contributed by atoms with Crippen LogP contribution in [0.3, 0.4) is 0 Å². The monoisotopic (exact) mass is 473 g/mol. The molecule has 0 aliphatic heterocycles. The van der Waals surface area contributed by atoms with Gasteiger partial charge in [0.05, 0.1) is 6.61 Å². The first kappa shape index (κ1) is 25.0. The van der Waals surface area contributed by atoms with Gasteiger partial charge in [-0.2, -0.15) is 5.26 Å². The van der Waals surface area contributed by atoms with Crippen LogP contribution < -0.4 is 20.1 Å². The predicted molar refractivity (Wildman–Crippen MR) is 130 cm³/mol. The minimum absolute atomic E-state index is 0.0595. The molecule has 3 aromatic rings. The summed E-state index contributed by atoms with van der Waals surface area (Å²) in [7, 11) is 0. The molecule has 8 heteroatoms. The summed E-state index contributed by atoms with van der Waals surface area (Å²) < 4.78 is 24.2. The molecule has 178 valence electrons. The zero-order chi connectivity index (χ0) is 25.0. The Kier molecular flexibility index (Phi) is 8.97. The minimum atomic E-state index is -0.493. The number of nitrogens with zero attached hydrogens (tertiary/aromatic N) is 1. The van der Waals surface area contributed by atoms with E-state index in [0.717, 1.165) is 5.56 Å². The molecule has 0 unspecified atom stereocenters. The number of nitrogens with one attached hydrogen (secondary N) is 2. The van der Waals surface area contributed by atoms with Crippen molar-refractivity contribution >= 4 is 23.6 Å². The molecule has 0 radical (unpaired) electrons. The largest absolute Gasteiger partial charge is 0.490 e. The van der Waals surface area contributed by atoms with Crippen LogP contribution in [0.4, 0.5) is 10.1 Å². The van der Waals surface area contributed by atoms with Gasteiger partial charge in [0.1, 0.15) is 17.5 Å². The highest BCUT2D eigenvalue weighted by molar-refractivity contribution is 6.01. The van der Waals surface area contributed by atoms with Gasteiger partial charge < -0.3 is 20.1 Å². The Bertz CT molecular complexity index is 1240. The summed E-state index contributed by atoms with van der Waals surface area (Å²) in [4.78, 5) is 24.6. The van der Waals surface area contributed by atoms with E-state index < -0.39 is 17.6 Å². The minimum Gasteiger partial charge on any atom is -0.490 e. The number of rotatable bonds is 10. The molecule has 0 atom stereocenters. The van der Waals surface area contributed by atoms with Crippen molar-refractivity contribution in [3.63, 3.8) is 0 Å². The Labute approximate surface area is 202 Å². The van der Waals surface area contributed by atoms with Gasteiger partial charge in [0, 0.05) is 12.2 Å². The molecule has 3 rings (SSSR count). The van der Waals surface area contributed by atoms with E-state index in [0.29, 0.717) is 35.9 Å². The number of amides is 2. The van der Waals surface area contributed by atoms with Gasteiger partial charge in [-0.25, -0.2) is 4.39 Å². The molecule has 2 amide bonds. The summed E-state index contributed by atoms with van der Waals surface area (Å²) in [6, 6.07) is 21.5. The number of hydrogen-bond acceptors (Lipinski definition) is 5. The van der Waals surface area contributed by atoms with E-state index in [9.17, 15) is 19.2 Å². The Morgan fingerprint density at radius 3 is 2.43 bits per heavy atom. The highest BCUT2D eigenvalue weighted by atomic mass is 19.1. The molecular weight excluding hydrogens is 449 g/mol. The molecule has 0 aliphatic rings. The van der Waals surface area contributed by atoms with Crippen molar-refractivity contribution in [2.45, 2.75) is 13.5 Å². The zero-order valence-corrected chi connectivity index (χ0v) is 19.1. The normalized spacial score (nSPS) is 10.7. The van der Waals surface area contributed by atoms with Crippen LogP contribution in [-0.4, -0.2) is 25.0 Å². The molecule has 3 aromatic carbocycles. The number of hydrogen-bond donors (Lipinski definition) is 2. The molecule has 0 heterocycles. The first-order valence-corrected chi connectivity index (χ1v) is 10.9. The number of benzene rings is 3. The zero-order valence-electron chi connectivity index (χ0n) is 19.1. The summed E-state index contributed by atoms with van der Waals surface area (Å²) >= 11 is 0. The van der Waals surface area contributed by atoms with Crippen LogP contribution in [0, 0.1) is 17.1 Å². The van der Waals surface area contributed by atoms with Crippen LogP contribution in [0.25, 0.3) is 6.08 Å². The average Bonchev–Trinajstić information content (AvgIpc) is 2.87. The molecular formula is C27H24FN3O4. The topological polar surface area (TPSA) is 100 Å². The standard InChI is InChI=1S/C27H24FN3O4/c1-2-34-25-15-20(14-21(16-29)27(33)30-17-19-6-4-3-5-7-19)8-13-24(25)35-18-26(32)31-23-11-9-22(28)10-12-23/h3-15H,2,17-18H2,1H3,(H,30,33)(H,31,32)/b21-14+. The summed E-state index contributed by atoms with van der Waals surface area (Å²) in [6.07, 6.45) is 1.45. The highest BCUT2D eigenvalue weighted by Gasteiger charge is 2.12. The molecule has 2 N–H and O–H groups in total. The van der Waals surface area contributed by atoms with Gasteiger partial charge in [-0.3, -0.25) is 9.59 Å². The van der Waals surface area contributed by atoms with Crippen LogP contribution in [0.1, 0.15) is 18.1 Å². The van der Waals surface area contributed by atoms with Crippen molar-refractivity contribution in [3.05, 3.63) is 95.3 Å². The third-order valence-electron chi connectivity index (χ3n) is 4.73. The van der Waals surface area contributed by atoms with Crippen molar-refractivity contribution in [1.82, 2.24) is 5.32 Å². The van der Waals surface area contributed by atoms with Crippen LogP contribution in [-0.2, 0) is 16.1 Å². The molecule has 0 fully saturated rings. The van der Waals surface area contributed by atoms with E-state index in [1.165, 1.54) is 30.3 Å². The fraction of sp³-hybridized carbons (Fsp3) is 0.148. The van der Waals surface area contributed by atoms with E-state index >= 15 is 0 Å². The lowest BCUT2D eigenvalue weighted by Crippen LogP contribution is -2.23. The Morgan fingerprint density at radius 2 is 1.74 bits per heavy atom. The van der Waals surface area contributed by atoms with Crippen molar-refractivity contribution in [3.8, 4) is 17.6 Å². The van der Waals surface area contributed by atoms with E-state index in [1.807, 2.05) is 36.4 Å². The molecule has 0 saturated heterocycles. The number of halogens is 1. The first-order valence-electron chi connectivity index (χ1n) is 10.9. The van der Waals surface area contributed by atoms with Gasteiger partial charge in [0.2, 0.25) is 0 Å². The van der Waals surface area contributed by atoms with Gasteiger partial charge in [0.15, 0.2) is 18.1 Å². The second-order valence-electron chi connectivity index (χ2n) is 7.32. The SMILES string of the molecule is CCOc1cc(/C=C(\C#N)C(=O)NCc2ccccc2)ccc1OCC(=O)Nc1ccc(F)cc1. The lowest BCUT2D eigenvalue weighted by atomic mass is 10.1. The molecule has 7 nitrogen and oxygen atoms in total. The number of nitriles is 1. The van der Waals surface area contributed by atoms with Crippen molar-refractivity contribution < 1.29 is 23.5 Å². The Balaban J connectivity index is 1.66. The van der Waals surface area contributed by atoms with Crippen LogP contribution in [0.2, 0.25) is 0 Å². The second-order valence-corrected chi connectivity index (χ2v) is 7.32. The maximum atomic E-state index is 13.0. The van der Waals surface area contributed by atoms with Gasteiger partial charge in [-0.1, -0.05) is 36.4 Å². The quantitative estimate of drug-likeness (QED) is 0.334. The summed E-state index contributed by atoms with van der Waals surface area (Å²) in [5.74, 6) is -0.636. The van der Waals surface area contributed by atoms with Crippen LogP contribution in [0.15, 0.2) is 78.4 Å².